The summed E-state index contributed by atoms with van der Waals surface area (Å²) in [6.45, 7) is 13.5. The summed E-state index contributed by atoms with van der Waals surface area (Å²) in [5, 5.41) is 5.64. The van der Waals surface area contributed by atoms with Gasteiger partial charge in [-0.2, -0.15) is 5.10 Å². The van der Waals surface area contributed by atoms with Crippen molar-refractivity contribution in [1.29, 1.82) is 0 Å². The Kier molecular flexibility index (Phi) is 6.05. The van der Waals surface area contributed by atoms with Crippen molar-refractivity contribution in [2.24, 2.45) is 23.2 Å². The summed E-state index contributed by atoms with van der Waals surface area (Å²) in [7, 11) is 0. The molecule has 1 aromatic carbocycles. The first kappa shape index (κ1) is 21.1. The molecular formula is C24H33ClN2O. The van der Waals surface area contributed by atoms with Gasteiger partial charge in [0.05, 0.1) is 22.6 Å². The molecule has 0 saturated heterocycles. The SMILES string of the molecule is CC(Cc1nn(-c2cccc(Cl)c2)c2c1C(=O)CC(C(C)C)C2)CC(C)(C)C. The van der Waals surface area contributed by atoms with E-state index in [4.69, 9.17) is 16.7 Å². The van der Waals surface area contributed by atoms with Gasteiger partial charge in [-0.05, 0) is 60.6 Å². The lowest BCUT2D eigenvalue weighted by Gasteiger charge is -2.26. The van der Waals surface area contributed by atoms with Crippen LogP contribution in [0.2, 0.25) is 5.02 Å². The van der Waals surface area contributed by atoms with Crippen LogP contribution in [0.15, 0.2) is 24.3 Å². The maximum absolute atomic E-state index is 13.1. The zero-order chi connectivity index (χ0) is 20.6. The Morgan fingerprint density at radius 2 is 1.93 bits per heavy atom. The number of hydrogen-bond acceptors (Lipinski definition) is 2. The molecule has 0 radical (unpaired) electrons. The van der Waals surface area contributed by atoms with E-state index in [1.54, 1.807) is 0 Å². The molecule has 0 fully saturated rings. The molecule has 1 heterocycles. The van der Waals surface area contributed by atoms with Crippen molar-refractivity contribution >= 4 is 17.4 Å². The molecule has 3 rings (SSSR count). The molecule has 2 atom stereocenters. The molecule has 0 spiro atoms. The van der Waals surface area contributed by atoms with Crippen LogP contribution in [0.5, 0.6) is 0 Å². The first-order valence-corrected chi connectivity index (χ1v) is 10.8. The van der Waals surface area contributed by atoms with E-state index in [0.29, 0.717) is 29.2 Å². The topological polar surface area (TPSA) is 34.9 Å². The molecule has 2 unspecified atom stereocenters. The Labute approximate surface area is 174 Å². The Morgan fingerprint density at radius 1 is 1.21 bits per heavy atom. The highest BCUT2D eigenvalue weighted by atomic mass is 35.5. The molecule has 0 amide bonds. The number of fused-ring (bicyclic) bond motifs is 1. The molecule has 152 valence electrons. The number of halogens is 1. The highest BCUT2D eigenvalue weighted by molar-refractivity contribution is 6.30. The molecule has 0 bridgehead atoms. The molecule has 0 saturated carbocycles. The van der Waals surface area contributed by atoms with E-state index < -0.39 is 0 Å². The van der Waals surface area contributed by atoms with Gasteiger partial charge in [0.15, 0.2) is 5.78 Å². The van der Waals surface area contributed by atoms with Gasteiger partial charge < -0.3 is 0 Å². The summed E-state index contributed by atoms with van der Waals surface area (Å²) >= 11 is 6.24. The van der Waals surface area contributed by atoms with E-state index in [9.17, 15) is 4.79 Å². The Morgan fingerprint density at radius 3 is 2.54 bits per heavy atom. The average molecular weight is 401 g/mol. The number of ketones is 1. The zero-order valence-corrected chi connectivity index (χ0v) is 18.8. The molecule has 1 aliphatic carbocycles. The summed E-state index contributed by atoms with van der Waals surface area (Å²) in [5.41, 5.74) is 4.10. The van der Waals surface area contributed by atoms with E-state index in [2.05, 4.69) is 41.5 Å². The molecule has 1 aromatic heterocycles. The van der Waals surface area contributed by atoms with Crippen LogP contribution in [-0.4, -0.2) is 15.6 Å². The molecule has 2 aromatic rings. The van der Waals surface area contributed by atoms with Gasteiger partial charge in [0.2, 0.25) is 0 Å². The van der Waals surface area contributed by atoms with Gasteiger partial charge >= 0.3 is 0 Å². The van der Waals surface area contributed by atoms with E-state index >= 15 is 0 Å². The number of aromatic nitrogens is 2. The molecule has 0 aliphatic heterocycles. The summed E-state index contributed by atoms with van der Waals surface area (Å²) in [4.78, 5) is 13.1. The Balaban J connectivity index is 2.05. The highest BCUT2D eigenvalue weighted by Crippen LogP contribution is 2.35. The molecule has 28 heavy (non-hydrogen) atoms. The van der Waals surface area contributed by atoms with Crippen molar-refractivity contribution in [3.63, 3.8) is 0 Å². The van der Waals surface area contributed by atoms with Crippen molar-refractivity contribution < 1.29 is 4.79 Å². The lowest BCUT2D eigenvalue weighted by Crippen LogP contribution is -2.25. The number of Topliss-reactive ketones (excluding diaryl/α,β-unsaturated/α-hetero) is 1. The second kappa shape index (κ2) is 8.02. The minimum absolute atomic E-state index is 0.256. The van der Waals surface area contributed by atoms with Crippen LogP contribution in [0, 0.1) is 23.2 Å². The number of carbonyl (C=O) groups is 1. The smallest absolute Gasteiger partial charge is 0.166 e. The van der Waals surface area contributed by atoms with Crippen LogP contribution in [0.4, 0.5) is 0 Å². The predicted molar refractivity (Wildman–Crippen MR) is 116 cm³/mol. The summed E-state index contributed by atoms with van der Waals surface area (Å²) < 4.78 is 1.98. The van der Waals surface area contributed by atoms with Gasteiger partial charge in [0.25, 0.3) is 0 Å². The highest BCUT2D eigenvalue weighted by Gasteiger charge is 2.34. The summed E-state index contributed by atoms with van der Waals surface area (Å²) in [5.74, 6) is 1.58. The van der Waals surface area contributed by atoms with Crippen LogP contribution in [0.1, 0.15) is 76.1 Å². The van der Waals surface area contributed by atoms with Crippen LogP contribution in [0.3, 0.4) is 0 Å². The summed E-state index contributed by atoms with van der Waals surface area (Å²) in [6.07, 6.45) is 3.47. The monoisotopic (exact) mass is 400 g/mol. The first-order valence-electron chi connectivity index (χ1n) is 10.4. The van der Waals surface area contributed by atoms with Crippen molar-refractivity contribution in [2.45, 2.75) is 67.2 Å². The first-order chi connectivity index (χ1) is 13.0. The standard InChI is InChI=1S/C24H33ClN2O/c1-15(2)17-11-21-23(22(28)12-17)20(10-16(3)14-24(4,5)6)26-27(21)19-9-7-8-18(25)13-19/h7-9,13,15-17H,10-12,14H2,1-6H3. The second-order valence-electron chi connectivity index (χ2n) is 10.1. The third kappa shape index (κ3) is 4.68. The van der Waals surface area contributed by atoms with Gasteiger partial charge in [0, 0.05) is 11.4 Å². The summed E-state index contributed by atoms with van der Waals surface area (Å²) in [6, 6.07) is 7.76. The quantitative estimate of drug-likeness (QED) is 0.570. The minimum Gasteiger partial charge on any atom is -0.294 e. The van der Waals surface area contributed by atoms with Gasteiger partial charge in [-0.25, -0.2) is 4.68 Å². The maximum atomic E-state index is 13.1. The second-order valence-corrected chi connectivity index (χ2v) is 10.5. The number of benzene rings is 1. The van der Waals surface area contributed by atoms with E-state index in [0.717, 1.165) is 41.9 Å². The Bertz CT molecular complexity index is 860. The molecule has 4 heteroatoms. The van der Waals surface area contributed by atoms with Crippen molar-refractivity contribution in [3.8, 4) is 5.69 Å². The van der Waals surface area contributed by atoms with E-state index in [1.807, 2.05) is 28.9 Å². The minimum atomic E-state index is 0.256. The zero-order valence-electron chi connectivity index (χ0n) is 18.1. The lowest BCUT2D eigenvalue weighted by atomic mass is 9.78. The molecule has 0 N–H and O–H groups in total. The maximum Gasteiger partial charge on any atom is 0.166 e. The number of nitrogens with zero attached hydrogens (tertiary/aromatic N) is 2. The fourth-order valence-corrected chi connectivity index (χ4v) is 4.74. The van der Waals surface area contributed by atoms with Crippen LogP contribution < -0.4 is 0 Å². The largest absolute Gasteiger partial charge is 0.294 e. The fourth-order valence-electron chi connectivity index (χ4n) is 4.56. The van der Waals surface area contributed by atoms with Crippen molar-refractivity contribution in [2.75, 3.05) is 0 Å². The van der Waals surface area contributed by atoms with Crippen molar-refractivity contribution in [1.82, 2.24) is 9.78 Å². The van der Waals surface area contributed by atoms with Gasteiger partial charge in [-0.1, -0.05) is 59.2 Å². The average Bonchev–Trinajstić information content (AvgIpc) is 2.92. The van der Waals surface area contributed by atoms with Gasteiger partial charge in [0.1, 0.15) is 0 Å². The number of carbonyl (C=O) groups excluding carboxylic acids is 1. The van der Waals surface area contributed by atoms with E-state index in [-0.39, 0.29) is 11.2 Å². The fraction of sp³-hybridized carbons (Fsp3) is 0.583. The number of hydrogen-bond donors (Lipinski definition) is 0. The third-order valence-corrected chi connectivity index (χ3v) is 5.97. The van der Waals surface area contributed by atoms with Crippen LogP contribution in [-0.2, 0) is 12.8 Å². The van der Waals surface area contributed by atoms with Gasteiger partial charge in [-0.3, -0.25) is 4.79 Å². The van der Waals surface area contributed by atoms with Crippen LogP contribution in [0.25, 0.3) is 5.69 Å². The van der Waals surface area contributed by atoms with E-state index in [1.165, 1.54) is 0 Å². The molecular weight excluding hydrogens is 368 g/mol. The third-order valence-electron chi connectivity index (χ3n) is 5.73. The molecule has 1 aliphatic rings. The number of rotatable bonds is 5. The van der Waals surface area contributed by atoms with Gasteiger partial charge in [-0.15, -0.1) is 0 Å². The predicted octanol–water partition coefficient (Wildman–Crippen LogP) is 6.54. The normalized spacial score (nSPS) is 18.4. The molecule has 3 nitrogen and oxygen atoms in total. The van der Waals surface area contributed by atoms with Crippen molar-refractivity contribution in [3.05, 3.63) is 46.2 Å². The van der Waals surface area contributed by atoms with Crippen LogP contribution >= 0.6 is 11.6 Å². The lowest BCUT2D eigenvalue weighted by molar-refractivity contribution is 0.0931. The Hall–Kier alpha value is -1.61.